The topological polar surface area (TPSA) is 19.4 Å². The van der Waals surface area contributed by atoms with Crippen LogP contribution in [0.25, 0.3) is 56.3 Å². The Morgan fingerprint density at radius 3 is 0.903 bits per heavy atom. The minimum atomic E-state index is -2.23. The first kappa shape index (κ1) is 82.1. The fourth-order valence-electron chi connectivity index (χ4n) is 14.0. The molecule has 0 saturated carbocycles. The molecule has 0 aliphatic heterocycles. The van der Waals surface area contributed by atoms with E-state index in [1.807, 2.05) is 62.7 Å². The van der Waals surface area contributed by atoms with Gasteiger partial charge in [0, 0.05) is 95.2 Å². The SMILES string of the molecule is C.C.C.C.C.CCC(CC)c1cc(-c2ccccc2C)[n+](C)cc1C.CCC(CC)c1cc[n+](C)c(-c2ccccc2C)c1.[2H]C(CC)(CC)c1c[n+](C)c(-c2ccccc2C)cc1C.[2H]C(CC)(CC)c1cc[n+](C)c(-c2ccccc2C)c1.[2H]C([2H])([2H])c1c[n+](C)c(-c2ccccc2C)cc1C([2H])(CC)CC. The van der Waals surface area contributed by atoms with Crippen molar-refractivity contribution >= 4 is 0 Å². The van der Waals surface area contributed by atoms with E-state index in [4.69, 9.17) is 8.22 Å². The van der Waals surface area contributed by atoms with Gasteiger partial charge in [-0.1, -0.05) is 197 Å². The highest BCUT2D eigenvalue weighted by Gasteiger charge is 2.24. The standard InChI is InChI=1S/3C19H26N.2C18H24N.5CH4/c2*1-6-16(7-2)18-12-19(20(5)13-15(18)4)17-11-9-8-10-14(17)3;1-6-16(7-2)18-13-20(5)19(12-15(18)4)17-11-9-8-10-14(17)3;2*1-5-15(6-2)16-11-12-19(4)18(13-16)17-10-8-7-9-14(17)3;;;;;/h3*8-13,16H,6-7H2,1-5H3;2*7-13,15H,5-6H2,1-4H3;5*1H4/q5*+1;;;;;/i4D3,16D;;16D;15D;;;;;;. The number of aromatic nitrogens is 5. The van der Waals surface area contributed by atoms with Gasteiger partial charge in [-0.2, -0.15) is 0 Å². The van der Waals surface area contributed by atoms with E-state index in [9.17, 15) is 0 Å². The first-order chi connectivity index (χ1) is 49.3. The van der Waals surface area contributed by atoms with Crippen LogP contribution in [0, 0.1) is 55.3 Å². The second-order valence-electron chi connectivity index (χ2n) is 26.8. The zero-order valence-corrected chi connectivity index (χ0v) is 64.4. The fourth-order valence-corrected chi connectivity index (χ4v) is 14.0. The van der Waals surface area contributed by atoms with Gasteiger partial charge in [0.25, 0.3) is 0 Å². The molecule has 0 saturated heterocycles. The maximum Gasteiger partial charge on any atom is 0.212 e. The monoisotopic (exact) mass is 1400 g/mol. The molecule has 0 N–H and O–H groups in total. The van der Waals surface area contributed by atoms with E-state index in [1.165, 1.54) is 115 Å². The van der Waals surface area contributed by atoms with Gasteiger partial charge in [0.15, 0.2) is 31.0 Å². The van der Waals surface area contributed by atoms with E-state index in [0.717, 1.165) is 53.6 Å². The zero-order valence-electron chi connectivity index (χ0n) is 70.4. The zero-order chi connectivity index (χ0) is 77.0. The third kappa shape index (κ3) is 24.2. The summed E-state index contributed by atoms with van der Waals surface area (Å²) in [5, 5.41) is 0. The molecule has 0 bridgehead atoms. The fraction of sp³-hybridized carbons (Fsp3) is 0.439. The van der Waals surface area contributed by atoms with Gasteiger partial charge in [0.2, 0.25) is 28.5 Å². The van der Waals surface area contributed by atoms with Crippen LogP contribution in [0.2, 0.25) is 0 Å². The number of pyridine rings is 5. The first-order valence-corrected chi connectivity index (χ1v) is 36.7. The van der Waals surface area contributed by atoms with Crippen LogP contribution in [0.1, 0.15) is 281 Å². The maximum absolute atomic E-state index is 8.80. The molecule has 5 aromatic carbocycles. The van der Waals surface area contributed by atoms with E-state index < -0.39 is 24.5 Å². The van der Waals surface area contributed by atoms with Gasteiger partial charge in [-0.05, 0) is 235 Å². The largest absolute Gasteiger partial charge is 0.212 e. The molecule has 0 spiro atoms. The Labute approximate surface area is 641 Å². The van der Waals surface area contributed by atoms with Crippen LogP contribution in [0.15, 0.2) is 195 Å². The predicted molar refractivity (Wildman–Crippen MR) is 453 cm³/mol. The molecule has 5 heteroatoms. The highest BCUT2D eigenvalue weighted by Crippen LogP contribution is 2.34. The first-order valence-electron chi connectivity index (χ1n) is 39.7. The third-order valence-electron chi connectivity index (χ3n) is 20.3. The molecule has 0 unspecified atom stereocenters. The van der Waals surface area contributed by atoms with E-state index in [0.29, 0.717) is 30.2 Å². The second kappa shape index (κ2) is 45.8. The van der Waals surface area contributed by atoms with E-state index in [-0.39, 0.29) is 42.7 Å². The smallest absolute Gasteiger partial charge is 0.201 e. The summed E-state index contributed by atoms with van der Waals surface area (Å²) in [7, 11) is 10.3. The Morgan fingerprint density at radius 1 is 0.272 bits per heavy atom. The average Bonchev–Trinajstić information content (AvgIpc) is 0.768. The molecule has 558 valence electrons. The van der Waals surface area contributed by atoms with E-state index in [1.54, 1.807) is 6.20 Å². The summed E-state index contributed by atoms with van der Waals surface area (Å²) in [6.07, 6.45) is 19.7. The van der Waals surface area contributed by atoms with Crippen LogP contribution in [0.3, 0.4) is 0 Å². The molecule has 10 rings (SSSR count). The van der Waals surface area contributed by atoms with Gasteiger partial charge in [0.1, 0.15) is 35.2 Å². The maximum atomic E-state index is 8.80. The van der Waals surface area contributed by atoms with Crippen molar-refractivity contribution in [2.75, 3.05) is 0 Å². The molecule has 0 radical (unpaired) electrons. The van der Waals surface area contributed by atoms with Gasteiger partial charge < -0.3 is 0 Å². The summed E-state index contributed by atoms with van der Waals surface area (Å²) in [5.74, 6) is -0.518. The van der Waals surface area contributed by atoms with Crippen LogP contribution < -0.4 is 22.8 Å². The van der Waals surface area contributed by atoms with Crippen LogP contribution in [-0.4, -0.2) is 0 Å². The molecular weight excluding hydrogens is 1250 g/mol. The van der Waals surface area contributed by atoms with Crippen molar-refractivity contribution in [2.45, 2.75) is 255 Å². The van der Waals surface area contributed by atoms with Crippen molar-refractivity contribution in [3.63, 3.8) is 0 Å². The van der Waals surface area contributed by atoms with Crippen LogP contribution in [0.5, 0.6) is 0 Å². The van der Waals surface area contributed by atoms with Crippen molar-refractivity contribution in [3.8, 4) is 56.3 Å². The normalized spacial score (nSPS) is 11.8. The summed E-state index contributed by atoms with van der Waals surface area (Å²) in [5.41, 5.74) is 27.3. The van der Waals surface area contributed by atoms with Crippen molar-refractivity contribution in [3.05, 3.63) is 267 Å². The molecule has 0 fully saturated rings. The Balaban J connectivity index is 0.000000675. The minimum Gasteiger partial charge on any atom is -0.201 e. The molecule has 0 aliphatic carbocycles. The number of hydrogen-bond acceptors (Lipinski definition) is 0. The summed E-state index contributed by atoms with van der Waals surface area (Å²) in [6.45, 7) is 34.2. The Bertz CT molecular complexity index is 4430. The molecule has 0 amide bonds. The summed E-state index contributed by atoms with van der Waals surface area (Å²) < 4.78 is 60.5. The second-order valence-corrected chi connectivity index (χ2v) is 26.8. The Hall–Kier alpha value is -8.15. The molecular formula is C98H146N5+5. The van der Waals surface area contributed by atoms with E-state index >= 15 is 0 Å². The molecule has 0 atom stereocenters. The number of hydrogen-bond donors (Lipinski definition) is 0. The lowest BCUT2D eigenvalue weighted by Gasteiger charge is -2.16. The lowest BCUT2D eigenvalue weighted by Crippen LogP contribution is -2.32. The number of benzene rings is 5. The lowest BCUT2D eigenvalue weighted by molar-refractivity contribution is -0.661. The van der Waals surface area contributed by atoms with Crippen LogP contribution >= 0.6 is 0 Å². The van der Waals surface area contributed by atoms with Crippen LogP contribution in [0.4, 0.5) is 0 Å². The average molecular weight is 1400 g/mol. The van der Waals surface area contributed by atoms with Gasteiger partial charge in [0.05, 0.1) is 0 Å². The summed E-state index contributed by atoms with van der Waals surface area (Å²) in [4.78, 5) is 0. The number of nitrogens with zero attached hydrogens (tertiary/aromatic N) is 5. The molecule has 5 heterocycles. The summed E-state index contributed by atoms with van der Waals surface area (Å²) >= 11 is 0. The summed E-state index contributed by atoms with van der Waals surface area (Å²) in [6, 6.07) is 57.6. The number of rotatable bonds is 20. The van der Waals surface area contributed by atoms with Gasteiger partial charge in [-0.25, -0.2) is 22.8 Å². The quantitative estimate of drug-likeness (QED) is 0.0678. The minimum absolute atomic E-state index is 0. The van der Waals surface area contributed by atoms with Gasteiger partial charge in [-0.3, -0.25) is 0 Å². The van der Waals surface area contributed by atoms with Crippen LogP contribution in [-0.2, 0) is 35.2 Å². The molecule has 0 aliphatic rings. The number of aryl methyl sites for hydroxylation is 13. The predicted octanol–water partition coefficient (Wildman–Crippen LogP) is 26.1. The molecule has 103 heavy (non-hydrogen) atoms. The van der Waals surface area contributed by atoms with Crippen molar-refractivity contribution < 1.29 is 31.1 Å². The molecule has 5 aromatic heterocycles. The lowest BCUT2D eigenvalue weighted by atomic mass is 9.90. The highest BCUT2D eigenvalue weighted by atomic mass is 14.9. The molecule has 10 aromatic rings. The Kier molecular flexibility index (Phi) is 36.6. The van der Waals surface area contributed by atoms with Crippen molar-refractivity contribution in [1.82, 2.24) is 0 Å². The van der Waals surface area contributed by atoms with Crippen molar-refractivity contribution in [1.29, 1.82) is 0 Å². The van der Waals surface area contributed by atoms with Gasteiger partial charge >= 0.3 is 0 Å². The molecule has 5 nitrogen and oxygen atoms in total. The van der Waals surface area contributed by atoms with Gasteiger partial charge in [-0.15, -0.1) is 0 Å². The third-order valence-corrected chi connectivity index (χ3v) is 20.3. The highest BCUT2D eigenvalue weighted by molar-refractivity contribution is 5.65. The van der Waals surface area contributed by atoms with E-state index in [2.05, 4.69) is 302 Å². The Morgan fingerprint density at radius 2 is 0.563 bits per heavy atom. The van der Waals surface area contributed by atoms with Crippen molar-refractivity contribution in [2.24, 2.45) is 35.2 Å².